The largest absolute Gasteiger partial charge is 0.456 e. The molecule has 1 aliphatic rings. The van der Waals surface area contributed by atoms with Crippen molar-refractivity contribution in [1.82, 2.24) is 5.32 Å². The second kappa shape index (κ2) is 8.95. The summed E-state index contributed by atoms with van der Waals surface area (Å²) in [6.07, 6.45) is 1.15. The van der Waals surface area contributed by atoms with Crippen LogP contribution in [0.1, 0.15) is 23.5 Å². The van der Waals surface area contributed by atoms with Gasteiger partial charge in [0.25, 0.3) is 0 Å². The van der Waals surface area contributed by atoms with Gasteiger partial charge in [-0.3, -0.25) is 0 Å². The molecule has 1 N–H and O–H groups in total. The first kappa shape index (κ1) is 21.0. The number of ether oxygens (including phenoxy) is 1. The summed E-state index contributed by atoms with van der Waals surface area (Å²) in [5.74, 6) is 0.311. The van der Waals surface area contributed by atoms with Gasteiger partial charge in [-0.1, -0.05) is 72.8 Å². The van der Waals surface area contributed by atoms with Gasteiger partial charge < -0.3 is 14.5 Å². The fourth-order valence-electron chi connectivity index (χ4n) is 4.95. The minimum atomic E-state index is 0. The lowest BCUT2D eigenvalue weighted by Gasteiger charge is -2.32. The minimum absolute atomic E-state index is 0. The Kier molecular flexibility index (Phi) is 5.88. The Morgan fingerprint density at radius 1 is 0.844 bits per heavy atom. The third kappa shape index (κ3) is 3.77. The maximum absolute atomic E-state index is 6.50. The minimum Gasteiger partial charge on any atom is -0.456 e. The van der Waals surface area contributed by atoms with Crippen molar-refractivity contribution in [2.45, 2.75) is 25.0 Å². The van der Waals surface area contributed by atoms with Crippen molar-refractivity contribution in [2.75, 3.05) is 13.1 Å². The number of rotatable bonds is 4. The van der Waals surface area contributed by atoms with Gasteiger partial charge in [0.1, 0.15) is 11.2 Å². The highest BCUT2D eigenvalue weighted by atomic mass is 35.5. The number of para-hydroxylation sites is 2. The summed E-state index contributed by atoms with van der Waals surface area (Å²) in [6, 6.07) is 29.9. The Hall–Kier alpha value is -2.85. The highest BCUT2D eigenvalue weighted by Crippen LogP contribution is 2.37. The predicted octanol–water partition coefficient (Wildman–Crippen LogP) is 6.82. The van der Waals surface area contributed by atoms with Gasteiger partial charge in [0, 0.05) is 28.8 Å². The van der Waals surface area contributed by atoms with Crippen LogP contribution in [-0.4, -0.2) is 19.2 Å². The van der Waals surface area contributed by atoms with E-state index in [-0.39, 0.29) is 18.5 Å². The lowest BCUT2D eigenvalue weighted by Crippen LogP contribution is -2.41. The van der Waals surface area contributed by atoms with Crippen LogP contribution in [0.3, 0.4) is 0 Å². The molecule has 6 rings (SSSR count). The molecule has 0 unspecified atom stereocenters. The smallest absolute Gasteiger partial charge is 0.138 e. The van der Waals surface area contributed by atoms with Crippen molar-refractivity contribution in [3.8, 4) is 0 Å². The Balaban J connectivity index is 0.00000216. The zero-order valence-electron chi connectivity index (χ0n) is 17.8. The topological polar surface area (TPSA) is 34.4 Å². The molecule has 1 aliphatic heterocycles. The van der Waals surface area contributed by atoms with Crippen LogP contribution in [0.25, 0.3) is 32.7 Å². The number of hydrogen-bond acceptors (Lipinski definition) is 3. The molecule has 0 saturated carbocycles. The zero-order valence-corrected chi connectivity index (χ0v) is 18.6. The van der Waals surface area contributed by atoms with Crippen LogP contribution in [0.15, 0.2) is 89.3 Å². The van der Waals surface area contributed by atoms with E-state index in [0.29, 0.717) is 12.5 Å². The molecule has 162 valence electrons. The van der Waals surface area contributed by atoms with Gasteiger partial charge >= 0.3 is 0 Å². The van der Waals surface area contributed by atoms with Crippen LogP contribution in [0.4, 0.5) is 0 Å². The number of halogens is 1. The maximum atomic E-state index is 6.50. The molecule has 2 atom stereocenters. The highest BCUT2D eigenvalue weighted by Gasteiger charge is 2.29. The van der Waals surface area contributed by atoms with Gasteiger partial charge in [0.15, 0.2) is 0 Å². The SMILES string of the molecule is Cl.c1ccc2cc(CO[C@H]3CNCC[C@@H]3c3cccc4c3oc3ccccc34)ccc2c1. The first-order chi connectivity index (χ1) is 15.4. The van der Waals surface area contributed by atoms with Gasteiger partial charge in [-0.25, -0.2) is 0 Å². The Morgan fingerprint density at radius 3 is 2.59 bits per heavy atom. The van der Waals surface area contributed by atoms with E-state index < -0.39 is 0 Å². The first-order valence-corrected chi connectivity index (χ1v) is 11.1. The van der Waals surface area contributed by atoms with Gasteiger partial charge in [0.2, 0.25) is 0 Å². The van der Waals surface area contributed by atoms with E-state index in [1.54, 1.807) is 0 Å². The molecule has 5 aromatic rings. The summed E-state index contributed by atoms with van der Waals surface area (Å²) in [7, 11) is 0. The van der Waals surface area contributed by atoms with Crippen LogP contribution in [0, 0.1) is 0 Å². The summed E-state index contributed by atoms with van der Waals surface area (Å²) in [5, 5.41) is 8.42. The second-order valence-electron chi connectivity index (χ2n) is 8.45. The van der Waals surface area contributed by atoms with E-state index in [1.807, 2.05) is 6.07 Å². The van der Waals surface area contributed by atoms with Gasteiger partial charge in [-0.05, 0) is 41.4 Å². The van der Waals surface area contributed by atoms with E-state index in [1.165, 1.54) is 32.7 Å². The molecule has 3 nitrogen and oxygen atoms in total. The number of benzene rings is 4. The molecule has 1 fully saturated rings. The lowest BCUT2D eigenvalue weighted by molar-refractivity contribution is 0.0108. The van der Waals surface area contributed by atoms with E-state index in [9.17, 15) is 0 Å². The van der Waals surface area contributed by atoms with Crippen molar-refractivity contribution in [2.24, 2.45) is 0 Å². The van der Waals surface area contributed by atoms with Crippen molar-refractivity contribution < 1.29 is 9.15 Å². The van der Waals surface area contributed by atoms with Crippen LogP contribution in [0.5, 0.6) is 0 Å². The molecule has 0 bridgehead atoms. The van der Waals surface area contributed by atoms with Crippen molar-refractivity contribution in [1.29, 1.82) is 0 Å². The molecule has 0 spiro atoms. The molecule has 2 heterocycles. The molecule has 1 aromatic heterocycles. The van der Waals surface area contributed by atoms with Crippen LogP contribution < -0.4 is 5.32 Å². The molecular formula is C28H26ClNO2. The zero-order chi connectivity index (χ0) is 20.6. The van der Waals surface area contributed by atoms with Crippen LogP contribution >= 0.6 is 12.4 Å². The normalized spacial score (nSPS) is 18.8. The molecule has 4 heteroatoms. The van der Waals surface area contributed by atoms with Gasteiger partial charge in [-0.2, -0.15) is 0 Å². The molecule has 4 aromatic carbocycles. The monoisotopic (exact) mass is 443 g/mol. The number of furan rings is 1. The Bertz CT molecular complexity index is 1380. The van der Waals surface area contributed by atoms with Crippen molar-refractivity contribution in [3.05, 3.63) is 96.1 Å². The first-order valence-electron chi connectivity index (χ1n) is 11.1. The van der Waals surface area contributed by atoms with Gasteiger partial charge in [-0.15, -0.1) is 12.4 Å². The Labute approximate surface area is 193 Å². The maximum Gasteiger partial charge on any atom is 0.138 e. The summed E-state index contributed by atoms with van der Waals surface area (Å²) >= 11 is 0. The van der Waals surface area contributed by atoms with Crippen molar-refractivity contribution in [3.63, 3.8) is 0 Å². The van der Waals surface area contributed by atoms with Gasteiger partial charge in [0.05, 0.1) is 12.7 Å². The summed E-state index contributed by atoms with van der Waals surface area (Å²) < 4.78 is 12.8. The van der Waals surface area contributed by atoms with E-state index in [0.717, 1.165) is 30.7 Å². The lowest BCUT2D eigenvalue weighted by atomic mass is 9.86. The summed E-state index contributed by atoms with van der Waals surface area (Å²) in [6.45, 7) is 2.47. The van der Waals surface area contributed by atoms with Crippen molar-refractivity contribution >= 4 is 45.1 Å². The van der Waals surface area contributed by atoms with Crippen LogP contribution in [-0.2, 0) is 11.3 Å². The number of nitrogens with one attached hydrogen (secondary N) is 1. The average Bonchev–Trinajstić information content (AvgIpc) is 3.22. The fraction of sp³-hybridized carbons (Fsp3) is 0.214. The van der Waals surface area contributed by atoms with E-state index in [2.05, 4.69) is 84.2 Å². The van der Waals surface area contributed by atoms with Crippen LogP contribution in [0.2, 0.25) is 0 Å². The Morgan fingerprint density at radius 2 is 1.66 bits per heavy atom. The molecule has 0 amide bonds. The standard InChI is InChI=1S/C28H25NO2.ClH/c1-2-7-21-16-19(12-13-20(21)6-1)18-30-27-17-29-15-14-23(27)25-10-5-9-24-22-8-3-4-11-26(22)31-28(24)25;/h1-13,16,23,27,29H,14-15,17-18H2;1H/t23-,27+;/m1./s1. The number of piperidine rings is 1. The van der Waals surface area contributed by atoms with E-state index in [4.69, 9.17) is 9.15 Å². The average molecular weight is 444 g/mol. The predicted molar refractivity (Wildman–Crippen MR) is 134 cm³/mol. The molecule has 1 saturated heterocycles. The molecular weight excluding hydrogens is 418 g/mol. The fourth-order valence-corrected chi connectivity index (χ4v) is 4.95. The highest BCUT2D eigenvalue weighted by molar-refractivity contribution is 6.05. The number of fused-ring (bicyclic) bond motifs is 4. The summed E-state index contributed by atoms with van der Waals surface area (Å²) in [5.41, 5.74) is 4.44. The molecule has 0 aliphatic carbocycles. The number of hydrogen-bond donors (Lipinski definition) is 1. The third-order valence-electron chi connectivity index (χ3n) is 6.54. The quantitative estimate of drug-likeness (QED) is 0.331. The summed E-state index contributed by atoms with van der Waals surface area (Å²) in [4.78, 5) is 0. The third-order valence-corrected chi connectivity index (χ3v) is 6.54. The van der Waals surface area contributed by atoms with E-state index >= 15 is 0 Å². The second-order valence-corrected chi connectivity index (χ2v) is 8.45. The molecule has 0 radical (unpaired) electrons. The molecule has 32 heavy (non-hydrogen) atoms.